The van der Waals surface area contributed by atoms with E-state index in [0.29, 0.717) is 5.92 Å². The molecule has 0 aliphatic heterocycles. The monoisotopic (exact) mass is 208 g/mol. The van der Waals surface area contributed by atoms with Crippen LogP contribution in [0.3, 0.4) is 0 Å². The van der Waals surface area contributed by atoms with Gasteiger partial charge in [0.25, 0.3) is 0 Å². The van der Waals surface area contributed by atoms with Gasteiger partial charge in [-0.25, -0.2) is 0 Å². The van der Waals surface area contributed by atoms with Gasteiger partial charge in [-0.15, -0.1) is 0 Å². The van der Waals surface area contributed by atoms with Crippen LogP contribution in [0.4, 0.5) is 0 Å². The third-order valence-electron chi connectivity index (χ3n) is 2.47. The zero-order valence-electron chi connectivity index (χ0n) is 10.3. The molecule has 0 saturated heterocycles. The second-order valence-electron chi connectivity index (χ2n) is 4.29. The van der Waals surface area contributed by atoms with Crippen LogP contribution in [0.25, 0.3) is 0 Å². The second-order valence-corrected chi connectivity index (χ2v) is 4.29. The maximum atomic E-state index is 10.3. The molecule has 0 fully saturated rings. The number of carbonyl (C=O) groups is 1. The molecule has 0 aromatic heterocycles. The Morgan fingerprint density at radius 3 is 2.53 bits per heavy atom. The van der Waals surface area contributed by atoms with Gasteiger partial charge >= 0.3 is 0 Å². The highest BCUT2D eigenvalue weighted by Crippen LogP contribution is 2.16. The minimum atomic E-state index is 0.539. The summed E-state index contributed by atoms with van der Waals surface area (Å²) in [6.45, 7) is 6.45. The van der Waals surface area contributed by atoms with Gasteiger partial charge in [-0.05, 0) is 38.7 Å². The Kier molecular flexibility index (Phi) is 9.15. The number of unbranched alkanes of at least 4 members (excludes halogenated alkanes) is 2. The number of rotatable bonds is 8. The van der Waals surface area contributed by atoms with Crippen molar-refractivity contribution in [2.24, 2.45) is 5.92 Å². The van der Waals surface area contributed by atoms with Crippen LogP contribution in [-0.2, 0) is 4.79 Å². The van der Waals surface area contributed by atoms with Crippen molar-refractivity contribution in [3.8, 4) is 0 Å². The third-order valence-corrected chi connectivity index (χ3v) is 2.47. The number of aldehydes is 1. The Balaban J connectivity index is 4.00. The van der Waals surface area contributed by atoms with Crippen LogP contribution in [0.15, 0.2) is 23.8 Å². The summed E-state index contributed by atoms with van der Waals surface area (Å²) in [4.78, 5) is 10.3. The summed E-state index contributed by atoms with van der Waals surface area (Å²) in [6.07, 6.45) is 12.9. The lowest BCUT2D eigenvalue weighted by Crippen LogP contribution is -1.95. The third kappa shape index (κ3) is 9.45. The van der Waals surface area contributed by atoms with Gasteiger partial charge in [-0.3, -0.25) is 4.79 Å². The van der Waals surface area contributed by atoms with E-state index in [1.54, 1.807) is 6.08 Å². The quantitative estimate of drug-likeness (QED) is 0.252. The van der Waals surface area contributed by atoms with Gasteiger partial charge in [0.15, 0.2) is 0 Å². The lowest BCUT2D eigenvalue weighted by molar-refractivity contribution is -0.104. The molecular weight excluding hydrogens is 184 g/mol. The van der Waals surface area contributed by atoms with Gasteiger partial charge in [0.2, 0.25) is 0 Å². The van der Waals surface area contributed by atoms with Crippen molar-refractivity contribution < 1.29 is 4.79 Å². The summed E-state index contributed by atoms with van der Waals surface area (Å²) >= 11 is 0. The van der Waals surface area contributed by atoms with Crippen LogP contribution < -0.4 is 0 Å². The first kappa shape index (κ1) is 14.2. The van der Waals surface area contributed by atoms with Crippen LogP contribution in [0, 0.1) is 5.92 Å². The first-order chi connectivity index (χ1) is 7.20. The van der Waals surface area contributed by atoms with Gasteiger partial charge in [-0.2, -0.15) is 0 Å². The molecular formula is C14H24O. The maximum Gasteiger partial charge on any atom is 0.142 e. The average Bonchev–Trinajstić information content (AvgIpc) is 2.21. The molecule has 0 saturated carbocycles. The first-order valence-electron chi connectivity index (χ1n) is 5.96. The molecule has 1 unspecified atom stereocenters. The zero-order chi connectivity index (χ0) is 11.5. The largest absolute Gasteiger partial charge is 0.299 e. The van der Waals surface area contributed by atoms with Gasteiger partial charge < -0.3 is 0 Å². The highest BCUT2D eigenvalue weighted by molar-refractivity contribution is 5.64. The van der Waals surface area contributed by atoms with Gasteiger partial charge in [0, 0.05) is 0 Å². The normalized spacial score (nSPS) is 12.7. The predicted octanol–water partition coefficient (Wildman–Crippen LogP) is 4.29. The van der Waals surface area contributed by atoms with Crippen molar-refractivity contribution in [3.63, 3.8) is 0 Å². The van der Waals surface area contributed by atoms with Crippen molar-refractivity contribution in [1.82, 2.24) is 0 Å². The molecule has 0 aromatic rings. The van der Waals surface area contributed by atoms with Crippen LogP contribution in [-0.4, -0.2) is 6.29 Å². The van der Waals surface area contributed by atoms with E-state index in [9.17, 15) is 4.79 Å². The highest BCUT2D eigenvalue weighted by atomic mass is 16.1. The number of hydrogen-bond acceptors (Lipinski definition) is 1. The average molecular weight is 208 g/mol. The van der Waals surface area contributed by atoms with Crippen molar-refractivity contribution in [2.75, 3.05) is 0 Å². The van der Waals surface area contributed by atoms with Crippen LogP contribution in [0.5, 0.6) is 0 Å². The summed E-state index contributed by atoms with van der Waals surface area (Å²) in [6, 6.07) is 0. The Morgan fingerprint density at radius 1 is 1.27 bits per heavy atom. The molecule has 0 amide bonds. The van der Waals surface area contributed by atoms with Crippen LogP contribution >= 0.6 is 0 Å². The fraction of sp³-hybridized carbons (Fsp3) is 0.643. The van der Waals surface area contributed by atoms with E-state index in [0.717, 1.165) is 12.7 Å². The Morgan fingerprint density at radius 2 is 2.00 bits per heavy atom. The molecule has 0 aliphatic rings. The smallest absolute Gasteiger partial charge is 0.142 e. The summed E-state index contributed by atoms with van der Waals surface area (Å²) in [5.74, 6) is 0.539. The molecule has 0 heterocycles. The highest BCUT2D eigenvalue weighted by Gasteiger charge is 2.02. The number of carbonyl (C=O) groups excluding carboxylic acids is 1. The molecule has 15 heavy (non-hydrogen) atoms. The molecule has 0 radical (unpaired) electrons. The van der Waals surface area contributed by atoms with E-state index in [-0.39, 0.29) is 0 Å². The van der Waals surface area contributed by atoms with Crippen LogP contribution in [0.2, 0.25) is 0 Å². The SMILES string of the molecule is CCCCCC(/C=C/C=O)CC=C(C)C. The van der Waals surface area contributed by atoms with Crippen molar-refractivity contribution >= 4 is 6.29 Å². The van der Waals surface area contributed by atoms with E-state index in [1.807, 2.05) is 6.08 Å². The molecule has 1 atom stereocenters. The summed E-state index contributed by atoms with van der Waals surface area (Å²) in [5.41, 5.74) is 1.36. The molecule has 0 spiro atoms. The van der Waals surface area contributed by atoms with Gasteiger partial charge in [0.1, 0.15) is 6.29 Å². The second kappa shape index (κ2) is 9.70. The summed E-state index contributed by atoms with van der Waals surface area (Å²) in [7, 11) is 0. The Hall–Kier alpha value is -0.850. The Bertz CT molecular complexity index is 209. The molecule has 0 rings (SSSR count). The first-order valence-corrected chi connectivity index (χ1v) is 5.96. The fourth-order valence-corrected chi connectivity index (χ4v) is 1.54. The maximum absolute atomic E-state index is 10.3. The predicted molar refractivity (Wildman–Crippen MR) is 66.9 cm³/mol. The van der Waals surface area contributed by atoms with E-state index in [1.165, 1.54) is 31.3 Å². The Labute approximate surface area is 94.3 Å². The van der Waals surface area contributed by atoms with E-state index >= 15 is 0 Å². The van der Waals surface area contributed by atoms with E-state index in [4.69, 9.17) is 0 Å². The fourth-order valence-electron chi connectivity index (χ4n) is 1.54. The topological polar surface area (TPSA) is 17.1 Å². The van der Waals surface area contributed by atoms with Crippen molar-refractivity contribution in [2.45, 2.75) is 52.9 Å². The minimum Gasteiger partial charge on any atom is -0.299 e. The van der Waals surface area contributed by atoms with Crippen molar-refractivity contribution in [3.05, 3.63) is 23.8 Å². The summed E-state index contributed by atoms with van der Waals surface area (Å²) in [5, 5.41) is 0. The van der Waals surface area contributed by atoms with Gasteiger partial charge in [-0.1, -0.05) is 43.9 Å². The molecule has 1 heteroatoms. The van der Waals surface area contributed by atoms with Crippen LogP contribution in [0.1, 0.15) is 52.9 Å². The standard InChI is InChI=1S/C14H24O/c1-4-5-6-8-14(9-7-12-15)11-10-13(2)3/h7,9-10,12,14H,4-6,8,11H2,1-3H3/b9-7+. The molecule has 0 N–H and O–H groups in total. The molecule has 0 aliphatic carbocycles. The molecule has 0 bridgehead atoms. The zero-order valence-corrected chi connectivity index (χ0v) is 10.3. The molecule has 0 aromatic carbocycles. The lowest BCUT2D eigenvalue weighted by Gasteiger charge is -2.09. The molecule has 86 valence electrons. The number of hydrogen-bond donors (Lipinski definition) is 0. The lowest BCUT2D eigenvalue weighted by atomic mass is 9.96. The van der Waals surface area contributed by atoms with E-state index < -0.39 is 0 Å². The molecule has 1 nitrogen and oxygen atoms in total. The van der Waals surface area contributed by atoms with Crippen molar-refractivity contribution in [1.29, 1.82) is 0 Å². The summed E-state index contributed by atoms with van der Waals surface area (Å²) < 4.78 is 0. The van der Waals surface area contributed by atoms with E-state index in [2.05, 4.69) is 26.8 Å². The number of allylic oxidation sites excluding steroid dienone is 4. The minimum absolute atomic E-state index is 0.539. The van der Waals surface area contributed by atoms with Gasteiger partial charge in [0.05, 0.1) is 0 Å².